The van der Waals surface area contributed by atoms with Gasteiger partial charge in [0.05, 0.1) is 18.7 Å². The minimum Gasteiger partial charge on any atom is -0.467 e. The number of likely N-dealkylation sites (tertiary alicyclic amines) is 1. The first-order chi connectivity index (χ1) is 11.7. The topological polar surface area (TPSA) is 72.4 Å². The standard InChI is InChI=1S/C18H17N3O3/c1-12-4-6-13(7-5-12)17-19-18(24-20-17)14-9-16(22)21(10-14)11-15-3-2-8-23-15/h2-8,14H,9-11H2,1H3/t14-/m0/s1. The lowest BCUT2D eigenvalue weighted by Gasteiger charge is -2.13. The van der Waals surface area contributed by atoms with Crippen molar-refractivity contribution in [3.63, 3.8) is 0 Å². The average Bonchev–Trinajstić information content (AvgIpc) is 3.31. The number of benzene rings is 1. The molecule has 1 amide bonds. The molecule has 0 bridgehead atoms. The highest BCUT2D eigenvalue weighted by molar-refractivity contribution is 5.79. The second-order valence-electron chi connectivity index (χ2n) is 6.08. The van der Waals surface area contributed by atoms with Gasteiger partial charge in [0.15, 0.2) is 0 Å². The zero-order valence-corrected chi connectivity index (χ0v) is 13.3. The number of carbonyl (C=O) groups excluding carboxylic acids is 1. The van der Waals surface area contributed by atoms with Crippen LogP contribution in [0, 0.1) is 6.92 Å². The molecule has 24 heavy (non-hydrogen) atoms. The van der Waals surface area contributed by atoms with E-state index in [0.29, 0.717) is 31.2 Å². The predicted molar refractivity (Wildman–Crippen MR) is 86.0 cm³/mol. The van der Waals surface area contributed by atoms with Crippen molar-refractivity contribution >= 4 is 5.91 Å². The van der Waals surface area contributed by atoms with Crippen LogP contribution >= 0.6 is 0 Å². The number of amides is 1. The van der Waals surface area contributed by atoms with E-state index in [9.17, 15) is 4.79 Å². The molecule has 0 N–H and O–H groups in total. The Morgan fingerprint density at radius 3 is 2.83 bits per heavy atom. The van der Waals surface area contributed by atoms with Crippen molar-refractivity contribution in [1.29, 1.82) is 0 Å². The van der Waals surface area contributed by atoms with Crippen LogP contribution in [-0.2, 0) is 11.3 Å². The van der Waals surface area contributed by atoms with Crippen molar-refractivity contribution in [3.8, 4) is 11.4 Å². The molecule has 2 aromatic heterocycles. The summed E-state index contributed by atoms with van der Waals surface area (Å²) in [5.74, 6) is 1.85. The first-order valence-electron chi connectivity index (χ1n) is 7.90. The monoisotopic (exact) mass is 323 g/mol. The van der Waals surface area contributed by atoms with Crippen molar-refractivity contribution in [2.24, 2.45) is 0 Å². The first-order valence-corrected chi connectivity index (χ1v) is 7.90. The summed E-state index contributed by atoms with van der Waals surface area (Å²) in [5, 5.41) is 4.05. The highest BCUT2D eigenvalue weighted by Gasteiger charge is 2.34. The molecule has 1 aromatic carbocycles. The third-order valence-corrected chi connectivity index (χ3v) is 4.24. The van der Waals surface area contributed by atoms with E-state index in [1.54, 1.807) is 11.2 Å². The zero-order chi connectivity index (χ0) is 16.5. The largest absolute Gasteiger partial charge is 0.467 e. The molecular weight excluding hydrogens is 306 g/mol. The van der Waals surface area contributed by atoms with Gasteiger partial charge in [-0.25, -0.2) is 0 Å². The highest BCUT2D eigenvalue weighted by atomic mass is 16.5. The summed E-state index contributed by atoms with van der Waals surface area (Å²) in [6, 6.07) is 11.6. The molecular formula is C18H17N3O3. The summed E-state index contributed by atoms with van der Waals surface area (Å²) in [6.45, 7) is 3.07. The van der Waals surface area contributed by atoms with Crippen LogP contribution in [0.2, 0.25) is 0 Å². The number of aryl methyl sites for hydroxylation is 1. The van der Waals surface area contributed by atoms with Crippen molar-refractivity contribution in [2.45, 2.75) is 25.8 Å². The predicted octanol–water partition coefficient (Wildman–Crippen LogP) is 3.15. The van der Waals surface area contributed by atoms with Crippen molar-refractivity contribution in [2.75, 3.05) is 6.54 Å². The minimum atomic E-state index is -0.0702. The first kappa shape index (κ1) is 14.7. The zero-order valence-electron chi connectivity index (χ0n) is 13.3. The van der Waals surface area contributed by atoms with Gasteiger partial charge >= 0.3 is 0 Å². The van der Waals surface area contributed by atoms with Gasteiger partial charge in [-0.1, -0.05) is 35.0 Å². The van der Waals surface area contributed by atoms with E-state index in [2.05, 4.69) is 10.1 Å². The summed E-state index contributed by atoms with van der Waals surface area (Å²) in [6.07, 6.45) is 2.00. The third kappa shape index (κ3) is 2.82. The maximum Gasteiger partial charge on any atom is 0.232 e. The molecule has 1 saturated heterocycles. The van der Waals surface area contributed by atoms with Gasteiger partial charge in [0.25, 0.3) is 0 Å². The Balaban J connectivity index is 1.49. The molecule has 4 rings (SSSR count). The lowest BCUT2D eigenvalue weighted by molar-refractivity contribution is -0.128. The Bertz CT molecular complexity index is 837. The van der Waals surface area contributed by atoms with E-state index in [4.69, 9.17) is 8.94 Å². The summed E-state index contributed by atoms with van der Waals surface area (Å²) < 4.78 is 10.7. The quantitative estimate of drug-likeness (QED) is 0.737. The second kappa shape index (κ2) is 5.96. The lowest BCUT2D eigenvalue weighted by Crippen LogP contribution is -2.24. The number of rotatable bonds is 4. The van der Waals surface area contributed by atoms with Crippen LogP contribution in [-0.4, -0.2) is 27.5 Å². The maximum absolute atomic E-state index is 12.2. The van der Waals surface area contributed by atoms with E-state index >= 15 is 0 Å². The average molecular weight is 323 g/mol. The Kier molecular flexibility index (Phi) is 3.65. The highest BCUT2D eigenvalue weighted by Crippen LogP contribution is 2.29. The van der Waals surface area contributed by atoms with Gasteiger partial charge in [-0.3, -0.25) is 4.79 Å². The van der Waals surface area contributed by atoms with Crippen LogP contribution < -0.4 is 0 Å². The van der Waals surface area contributed by atoms with Crippen LogP contribution in [0.25, 0.3) is 11.4 Å². The fourth-order valence-electron chi connectivity index (χ4n) is 2.90. The molecule has 1 fully saturated rings. The Labute approximate surface area is 139 Å². The van der Waals surface area contributed by atoms with Gasteiger partial charge in [-0.05, 0) is 19.1 Å². The molecule has 0 spiro atoms. The van der Waals surface area contributed by atoms with Crippen LogP contribution in [0.3, 0.4) is 0 Å². The van der Waals surface area contributed by atoms with Crippen LogP contribution in [0.1, 0.15) is 29.6 Å². The number of aromatic nitrogens is 2. The van der Waals surface area contributed by atoms with Crippen LogP contribution in [0.5, 0.6) is 0 Å². The van der Waals surface area contributed by atoms with E-state index in [-0.39, 0.29) is 11.8 Å². The molecule has 0 saturated carbocycles. The number of hydrogen-bond donors (Lipinski definition) is 0. The number of furan rings is 1. The van der Waals surface area contributed by atoms with Gasteiger partial charge in [0, 0.05) is 18.5 Å². The number of carbonyl (C=O) groups is 1. The summed E-state index contributed by atoms with van der Waals surface area (Å²) in [4.78, 5) is 18.4. The Morgan fingerprint density at radius 2 is 2.08 bits per heavy atom. The molecule has 6 heteroatoms. The number of nitrogens with zero attached hydrogens (tertiary/aromatic N) is 3. The molecule has 1 aliphatic heterocycles. The van der Waals surface area contributed by atoms with Gasteiger partial charge < -0.3 is 13.8 Å². The van der Waals surface area contributed by atoms with Crippen molar-refractivity contribution in [1.82, 2.24) is 15.0 Å². The van der Waals surface area contributed by atoms with Crippen LogP contribution in [0.15, 0.2) is 51.6 Å². The molecule has 6 nitrogen and oxygen atoms in total. The van der Waals surface area contributed by atoms with Gasteiger partial charge in [0.2, 0.25) is 17.6 Å². The van der Waals surface area contributed by atoms with Crippen molar-refractivity contribution < 1.29 is 13.7 Å². The normalized spacial score (nSPS) is 17.6. The van der Waals surface area contributed by atoms with E-state index < -0.39 is 0 Å². The number of hydrogen-bond acceptors (Lipinski definition) is 5. The smallest absolute Gasteiger partial charge is 0.232 e. The summed E-state index contributed by atoms with van der Waals surface area (Å²) in [7, 11) is 0. The maximum atomic E-state index is 12.2. The summed E-state index contributed by atoms with van der Waals surface area (Å²) >= 11 is 0. The molecule has 3 heterocycles. The lowest BCUT2D eigenvalue weighted by atomic mass is 10.1. The molecule has 3 aromatic rings. The fraction of sp³-hybridized carbons (Fsp3) is 0.278. The van der Waals surface area contributed by atoms with Gasteiger partial charge in [-0.15, -0.1) is 0 Å². The van der Waals surface area contributed by atoms with E-state index in [1.807, 2.05) is 43.3 Å². The van der Waals surface area contributed by atoms with Gasteiger partial charge in [0.1, 0.15) is 5.76 Å². The Hall–Kier alpha value is -2.89. The third-order valence-electron chi connectivity index (χ3n) is 4.24. The van der Waals surface area contributed by atoms with Crippen molar-refractivity contribution in [3.05, 3.63) is 59.9 Å². The van der Waals surface area contributed by atoms with E-state index in [0.717, 1.165) is 11.3 Å². The van der Waals surface area contributed by atoms with Gasteiger partial charge in [-0.2, -0.15) is 4.98 Å². The fourth-order valence-corrected chi connectivity index (χ4v) is 2.90. The molecule has 122 valence electrons. The Morgan fingerprint density at radius 1 is 1.25 bits per heavy atom. The SMILES string of the molecule is Cc1ccc(-c2noc([C@H]3CC(=O)N(Cc4ccco4)C3)n2)cc1. The minimum absolute atomic E-state index is 0.0702. The van der Waals surface area contributed by atoms with E-state index in [1.165, 1.54) is 5.56 Å². The molecule has 0 unspecified atom stereocenters. The molecule has 0 radical (unpaired) electrons. The molecule has 1 aliphatic rings. The van der Waals surface area contributed by atoms with Crippen LogP contribution in [0.4, 0.5) is 0 Å². The molecule has 1 atom stereocenters. The summed E-state index contributed by atoms with van der Waals surface area (Å²) in [5.41, 5.74) is 2.09. The molecule has 0 aliphatic carbocycles. The second-order valence-corrected chi connectivity index (χ2v) is 6.08.